The van der Waals surface area contributed by atoms with Crippen LogP contribution in [0.1, 0.15) is 45.1 Å². The van der Waals surface area contributed by atoms with E-state index >= 15 is 0 Å². The summed E-state index contributed by atoms with van der Waals surface area (Å²) >= 11 is 12.8. The number of nitrogens with zero attached hydrogens (tertiary/aromatic N) is 2. The van der Waals surface area contributed by atoms with Gasteiger partial charge >= 0.3 is 12.1 Å². The zero-order valence-corrected chi connectivity index (χ0v) is 19.3. The van der Waals surface area contributed by atoms with E-state index in [0.29, 0.717) is 27.6 Å². The molecule has 0 saturated heterocycles. The Balaban J connectivity index is 2.01. The maximum atomic E-state index is 12.5. The number of allylic oxidation sites excluding steroid dienone is 3. The van der Waals surface area contributed by atoms with Crippen molar-refractivity contribution in [2.24, 2.45) is 0 Å². The van der Waals surface area contributed by atoms with Crippen LogP contribution in [0.5, 0.6) is 0 Å². The van der Waals surface area contributed by atoms with E-state index in [-0.39, 0.29) is 23.3 Å². The second kappa shape index (κ2) is 10.1. The van der Waals surface area contributed by atoms with Crippen molar-refractivity contribution < 1.29 is 28.2 Å². The van der Waals surface area contributed by atoms with Crippen molar-refractivity contribution in [3.8, 4) is 0 Å². The SMILES string of the molecule is CCOC(=O)[C@@H](C)OC(=O)OC1=C(C)NC(C)=C(c2nnco2)C1c1cccc(Cl)c1Cl. The molecule has 9 nitrogen and oxygen atoms in total. The summed E-state index contributed by atoms with van der Waals surface area (Å²) < 4.78 is 20.9. The second-order valence-electron chi connectivity index (χ2n) is 6.84. The van der Waals surface area contributed by atoms with Gasteiger partial charge in [-0.25, -0.2) is 9.59 Å². The van der Waals surface area contributed by atoms with Gasteiger partial charge in [-0.2, -0.15) is 0 Å². The van der Waals surface area contributed by atoms with Crippen LogP contribution in [0, 0.1) is 0 Å². The monoisotopic (exact) mass is 481 g/mol. The van der Waals surface area contributed by atoms with Crippen LogP contribution in [0.4, 0.5) is 4.79 Å². The lowest BCUT2D eigenvalue weighted by atomic mass is 9.85. The molecular formula is C21H21Cl2N3O6. The lowest BCUT2D eigenvalue weighted by molar-refractivity contribution is -0.153. The molecule has 2 aromatic rings. The van der Waals surface area contributed by atoms with E-state index in [9.17, 15) is 9.59 Å². The van der Waals surface area contributed by atoms with Gasteiger partial charge in [-0.15, -0.1) is 10.2 Å². The molecule has 11 heteroatoms. The van der Waals surface area contributed by atoms with E-state index in [4.69, 9.17) is 41.8 Å². The normalized spacial score (nSPS) is 17.0. The smallest absolute Gasteiger partial charge is 0.463 e. The largest absolute Gasteiger partial charge is 0.514 e. The van der Waals surface area contributed by atoms with Gasteiger partial charge in [0, 0.05) is 5.70 Å². The highest BCUT2D eigenvalue weighted by Gasteiger charge is 2.37. The maximum absolute atomic E-state index is 12.5. The summed E-state index contributed by atoms with van der Waals surface area (Å²) in [6.45, 7) is 6.72. The lowest BCUT2D eigenvalue weighted by Gasteiger charge is -2.30. The number of hydrogen-bond donors (Lipinski definition) is 1. The number of aromatic nitrogens is 2. The fraction of sp³-hybridized carbons (Fsp3) is 0.333. The average molecular weight is 482 g/mol. The quantitative estimate of drug-likeness (QED) is 0.579. The first kappa shape index (κ1) is 23.6. The summed E-state index contributed by atoms with van der Waals surface area (Å²) in [7, 11) is 0. The fourth-order valence-electron chi connectivity index (χ4n) is 3.29. The molecule has 0 spiro atoms. The molecule has 2 heterocycles. The number of carbonyl (C=O) groups excluding carboxylic acids is 2. The number of nitrogens with one attached hydrogen (secondary N) is 1. The third-order valence-electron chi connectivity index (χ3n) is 4.67. The average Bonchev–Trinajstić information content (AvgIpc) is 3.26. The van der Waals surface area contributed by atoms with E-state index in [1.807, 2.05) is 6.92 Å². The number of halogens is 2. The minimum absolute atomic E-state index is 0.155. The molecule has 170 valence electrons. The van der Waals surface area contributed by atoms with Crippen LogP contribution in [0.15, 0.2) is 46.2 Å². The third-order valence-corrected chi connectivity index (χ3v) is 5.50. The first-order valence-corrected chi connectivity index (χ1v) is 10.4. The van der Waals surface area contributed by atoms with Gasteiger partial charge in [0.05, 0.1) is 33.8 Å². The number of benzene rings is 1. The Labute approximate surface area is 194 Å². The van der Waals surface area contributed by atoms with Crippen molar-refractivity contribution in [1.82, 2.24) is 15.5 Å². The van der Waals surface area contributed by atoms with Crippen molar-refractivity contribution in [2.75, 3.05) is 6.61 Å². The summed E-state index contributed by atoms with van der Waals surface area (Å²) in [6, 6.07) is 5.11. The van der Waals surface area contributed by atoms with Crippen LogP contribution >= 0.6 is 23.2 Å². The third kappa shape index (κ3) is 4.89. The zero-order chi connectivity index (χ0) is 23.4. The zero-order valence-electron chi connectivity index (χ0n) is 17.8. The molecule has 1 aliphatic rings. The predicted octanol–water partition coefficient (Wildman–Crippen LogP) is 4.83. The van der Waals surface area contributed by atoms with E-state index in [1.165, 1.54) is 13.3 Å². The summed E-state index contributed by atoms with van der Waals surface area (Å²) in [6.07, 6.45) is -1.05. The maximum Gasteiger partial charge on any atom is 0.514 e. The van der Waals surface area contributed by atoms with Crippen molar-refractivity contribution in [2.45, 2.75) is 39.7 Å². The van der Waals surface area contributed by atoms with Crippen LogP contribution in [-0.2, 0) is 19.0 Å². The first-order valence-electron chi connectivity index (χ1n) is 9.68. The second-order valence-corrected chi connectivity index (χ2v) is 7.62. The lowest BCUT2D eigenvalue weighted by Crippen LogP contribution is -2.30. The molecule has 0 fully saturated rings. The molecule has 0 bridgehead atoms. The number of carbonyl (C=O) groups is 2. The number of dihydropyridines is 1. The number of esters is 1. The van der Waals surface area contributed by atoms with Gasteiger partial charge in [0.25, 0.3) is 0 Å². The molecule has 1 unspecified atom stereocenters. The summed E-state index contributed by atoms with van der Waals surface area (Å²) in [4.78, 5) is 24.3. The molecule has 0 amide bonds. The van der Waals surface area contributed by atoms with E-state index < -0.39 is 24.1 Å². The van der Waals surface area contributed by atoms with Crippen LogP contribution in [-0.4, -0.2) is 35.0 Å². The van der Waals surface area contributed by atoms with Crippen LogP contribution in [0.3, 0.4) is 0 Å². The molecule has 32 heavy (non-hydrogen) atoms. The summed E-state index contributed by atoms with van der Waals surface area (Å²) in [5, 5.41) is 11.5. The van der Waals surface area contributed by atoms with E-state index in [2.05, 4.69) is 15.5 Å². The Morgan fingerprint density at radius 3 is 2.66 bits per heavy atom. The molecule has 0 saturated carbocycles. The number of ether oxygens (including phenoxy) is 3. The highest BCUT2D eigenvalue weighted by molar-refractivity contribution is 6.42. The summed E-state index contributed by atoms with van der Waals surface area (Å²) in [5.41, 5.74) is 2.30. The predicted molar refractivity (Wildman–Crippen MR) is 116 cm³/mol. The molecule has 1 aromatic carbocycles. The Morgan fingerprint density at radius 1 is 1.25 bits per heavy atom. The molecule has 0 aliphatic carbocycles. The Bertz CT molecular complexity index is 1080. The standard InChI is InChI=1S/C21H21Cl2N3O6/c1-5-29-20(27)12(4)31-21(28)32-18-11(3)25-10(2)15(19-26-24-9-30-19)16(18)13-7-6-8-14(22)17(13)23/h6-9,12,16,25H,5H2,1-4H3/t12-,16?/m1/s1. The molecule has 2 atom stereocenters. The van der Waals surface area contributed by atoms with E-state index in [1.54, 1.807) is 32.0 Å². The van der Waals surface area contributed by atoms with Crippen molar-refractivity contribution in [1.29, 1.82) is 0 Å². The molecule has 0 radical (unpaired) electrons. The Kier molecular flexibility index (Phi) is 7.42. The molecular weight excluding hydrogens is 461 g/mol. The van der Waals surface area contributed by atoms with Gasteiger partial charge in [-0.05, 0) is 39.3 Å². The fourth-order valence-corrected chi connectivity index (χ4v) is 3.71. The first-order chi connectivity index (χ1) is 15.2. The molecule has 1 aliphatic heterocycles. The van der Waals surface area contributed by atoms with Crippen molar-refractivity contribution in [3.05, 3.63) is 63.2 Å². The van der Waals surface area contributed by atoms with Crippen molar-refractivity contribution >= 4 is 40.9 Å². The van der Waals surface area contributed by atoms with Crippen LogP contribution < -0.4 is 5.32 Å². The van der Waals surface area contributed by atoms with Gasteiger partial charge in [-0.3, -0.25) is 0 Å². The van der Waals surface area contributed by atoms with Crippen LogP contribution in [0.25, 0.3) is 5.57 Å². The summed E-state index contributed by atoms with van der Waals surface area (Å²) in [5.74, 6) is -1.03. The molecule has 1 N–H and O–H groups in total. The van der Waals surface area contributed by atoms with Crippen LogP contribution in [0.2, 0.25) is 10.0 Å². The van der Waals surface area contributed by atoms with Gasteiger partial charge < -0.3 is 23.9 Å². The minimum atomic E-state index is -1.15. The highest BCUT2D eigenvalue weighted by atomic mass is 35.5. The topological polar surface area (TPSA) is 113 Å². The van der Waals surface area contributed by atoms with E-state index in [0.717, 1.165) is 0 Å². The minimum Gasteiger partial charge on any atom is -0.463 e. The van der Waals surface area contributed by atoms with Gasteiger partial charge in [0.1, 0.15) is 5.76 Å². The molecule has 1 aromatic heterocycles. The van der Waals surface area contributed by atoms with Crippen molar-refractivity contribution in [3.63, 3.8) is 0 Å². The Morgan fingerprint density at radius 2 is 2.00 bits per heavy atom. The highest BCUT2D eigenvalue weighted by Crippen LogP contribution is 2.46. The number of rotatable bonds is 6. The van der Waals surface area contributed by atoms with Gasteiger partial charge in [-0.1, -0.05) is 35.3 Å². The molecule has 3 rings (SSSR count). The van der Waals surface area contributed by atoms with Gasteiger partial charge in [0.2, 0.25) is 12.3 Å². The Hall–Kier alpha value is -3.04. The number of hydrogen-bond acceptors (Lipinski definition) is 9. The van der Waals surface area contributed by atoms with Gasteiger partial charge in [0.15, 0.2) is 6.10 Å².